The fourth-order valence-electron chi connectivity index (χ4n) is 0.877. The quantitative estimate of drug-likeness (QED) is 0.468. The van der Waals surface area contributed by atoms with E-state index in [9.17, 15) is 0 Å². The molecule has 86 valence electrons. The van der Waals surface area contributed by atoms with Gasteiger partial charge in [-0.25, -0.2) is 0 Å². The fourth-order valence-corrected chi connectivity index (χ4v) is 1.52. The monoisotopic (exact) mass is 336 g/mol. The summed E-state index contributed by atoms with van der Waals surface area (Å²) in [5.41, 5.74) is 0. The Morgan fingerprint density at radius 1 is 1.57 bits per heavy atom. The number of rotatable bonds is 3. The highest BCUT2D eigenvalue weighted by Gasteiger charge is 2.14. The summed E-state index contributed by atoms with van der Waals surface area (Å²) >= 11 is 2.11. The van der Waals surface area contributed by atoms with Crippen LogP contribution in [0.4, 0.5) is 0 Å². The maximum atomic E-state index is 8.08. The molecule has 0 spiro atoms. The van der Waals surface area contributed by atoms with Crippen molar-refractivity contribution < 1.29 is 19.1 Å². The maximum Gasteiger partial charge on any atom is 0.156 e. The van der Waals surface area contributed by atoms with Crippen LogP contribution < -0.4 is 0 Å². The van der Waals surface area contributed by atoms with E-state index in [0.29, 0.717) is 6.10 Å². The van der Waals surface area contributed by atoms with Crippen molar-refractivity contribution >= 4 is 30.4 Å². The van der Waals surface area contributed by atoms with E-state index in [1.165, 1.54) is 29.5 Å². The van der Waals surface area contributed by atoms with Gasteiger partial charge in [-0.15, -0.1) is 0 Å². The Labute approximate surface area is 101 Å². The zero-order valence-electron chi connectivity index (χ0n) is 8.40. The smallest absolute Gasteiger partial charge is 0.156 e. The predicted molar refractivity (Wildman–Crippen MR) is 65.1 cm³/mol. The van der Waals surface area contributed by atoms with Crippen LogP contribution in [0.5, 0.6) is 0 Å². The van der Waals surface area contributed by atoms with E-state index in [2.05, 4.69) is 21.2 Å². The zero-order chi connectivity index (χ0) is 11.0. The van der Waals surface area contributed by atoms with Crippen LogP contribution in [0.15, 0.2) is 0 Å². The molecule has 0 aromatic carbocycles. The summed E-state index contributed by atoms with van der Waals surface area (Å²) in [7, 11) is 1.38. The zero-order valence-corrected chi connectivity index (χ0v) is 11.4. The number of halogens is 1. The minimum Gasteiger partial charge on any atom is -0.376 e. The van der Waals surface area contributed by atoms with Gasteiger partial charge in [-0.3, -0.25) is 0 Å². The minimum absolute atomic E-state index is 0.368. The summed E-state index contributed by atoms with van der Waals surface area (Å²) in [4.78, 5) is 0. The molecule has 4 nitrogen and oxygen atoms in total. The van der Waals surface area contributed by atoms with E-state index < -0.39 is 5.79 Å². The number of hydrogen-bond acceptors (Lipinski definition) is 5. The van der Waals surface area contributed by atoms with Crippen molar-refractivity contribution in [1.29, 1.82) is 0 Å². The first-order chi connectivity index (χ1) is 6.43. The second kappa shape index (κ2) is 8.12. The van der Waals surface area contributed by atoms with Crippen LogP contribution in [0.1, 0.15) is 26.7 Å². The van der Waals surface area contributed by atoms with Crippen LogP contribution in [0.3, 0.4) is 0 Å². The minimum atomic E-state index is -1.50. The first-order valence-corrected chi connectivity index (χ1v) is 7.68. The van der Waals surface area contributed by atoms with Crippen molar-refractivity contribution in [3.8, 4) is 0 Å². The van der Waals surface area contributed by atoms with Crippen molar-refractivity contribution in [3.63, 3.8) is 0 Å². The lowest BCUT2D eigenvalue weighted by Gasteiger charge is -2.05. The maximum absolute atomic E-state index is 8.08. The van der Waals surface area contributed by atoms with Gasteiger partial charge in [0.2, 0.25) is 0 Å². The Bertz CT molecular complexity index is 128. The highest BCUT2D eigenvalue weighted by atomic mass is 127. The van der Waals surface area contributed by atoms with Gasteiger partial charge in [-0.2, -0.15) is 0 Å². The summed E-state index contributed by atoms with van der Waals surface area (Å²) < 4.78 is 10.4. The topological polar surface area (TPSA) is 58.9 Å². The van der Waals surface area contributed by atoms with Crippen LogP contribution in [0.25, 0.3) is 0 Å². The Balaban J connectivity index is 0.000000292. The number of hydrogen-bond donors (Lipinski definition) is 2. The molecule has 1 rings (SSSR count). The molecule has 1 heterocycles. The van der Waals surface area contributed by atoms with E-state index in [1.807, 2.05) is 0 Å². The Morgan fingerprint density at radius 2 is 2.14 bits per heavy atom. The SMILES string of the molecule is CC(C)(O)O.ISOCC1CCCO1. The predicted octanol–water partition coefficient (Wildman–Crippen LogP) is 1.89. The summed E-state index contributed by atoms with van der Waals surface area (Å²) in [5.74, 6) is -1.50. The average Bonchev–Trinajstić information content (AvgIpc) is 2.49. The molecule has 1 atom stereocenters. The number of ether oxygens (including phenoxy) is 1. The first kappa shape index (κ1) is 14.9. The van der Waals surface area contributed by atoms with Crippen molar-refractivity contribution in [1.82, 2.24) is 0 Å². The van der Waals surface area contributed by atoms with Crippen molar-refractivity contribution in [2.45, 2.75) is 38.6 Å². The average molecular weight is 336 g/mol. The van der Waals surface area contributed by atoms with Gasteiger partial charge < -0.3 is 19.1 Å². The molecule has 1 aliphatic heterocycles. The Morgan fingerprint density at radius 3 is 2.50 bits per heavy atom. The number of aliphatic hydroxyl groups is 2. The molecule has 0 aliphatic carbocycles. The molecular formula is C8H17IO4S. The normalized spacial score (nSPS) is 21.6. The third-order valence-corrected chi connectivity index (χ3v) is 2.31. The molecule has 0 aromatic heterocycles. The van der Waals surface area contributed by atoms with Gasteiger partial charge in [-0.05, 0) is 26.7 Å². The molecule has 1 fully saturated rings. The van der Waals surface area contributed by atoms with Gasteiger partial charge in [0.1, 0.15) is 0 Å². The van der Waals surface area contributed by atoms with Crippen LogP contribution in [-0.4, -0.2) is 35.3 Å². The standard InChI is InChI=1S/C5H9IO2S.C3H8O2/c6-9-8-4-5-2-1-3-7-5;1-3(2,4)5/h5H,1-4H2;4-5H,1-2H3. The lowest BCUT2D eigenvalue weighted by Crippen LogP contribution is -2.15. The summed E-state index contributed by atoms with van der Waals surface area (Å²) in [6.45, 7) is 4.26. The van der Waals surface area contributed by atoms with Gasteiger partial charge >= 0.3 is 0 Å². The highest BCUT2D eigenvalue weighted by Crippen LogP contribution is 2.17. The van der Waals surface area contributed by atoms with E-state index in [0.717, 1.165) is 19.6 Å². The molecule has 1 unspecified atom stereocenters. The molecule has 0 amide bonds. The second-order valence-electron chi connectivity index (χ2n) is 3.48. The van der Waals surface area contributed by atoms with Crippen molar-refractivity contribution in [2.75, 3.05) is 13.2 Å². The molecule has 0 aromatic rings. The largest absolute Gasteiger partial charge is 0.376 e. The van der Waals surface area contributed by atoms with Gasteiger partial charge in [0.25, 0.3) is 0 Å². The third kappa shape index (κ3) is 12.9. The molecule has 0 bridgehead atoms. The molecule has 14 heavy (non-hydrogen) atoms. The van der Waals surface area contributed by atoms with E-state index >= 15 is 0 Å². The lowest BCUT2D eigenvalue weighted by molar-refractivity contribution is -0.127. The van der Waals surface area contributed by atoms with Gasteiger partial charge in [-0.1, -0.05) is 0 Å². The van der Waals surface area contributed by atoms with Crippen LogP contribution in [-0.2, 0) is 8.92 Å². The van der Waals surface area contributed by atoms with E-state index in [-0.39, 0.29) is 0 Å². The summed E-state index contributed by atoms with van der Waals surface area (Å²) in [6, 6.07) is 0. The fraction of sp³-hybridized carbons (Fsp3) is 1.00. The van der Waals surface area contributed by atoms with E-state index in [1.54, 1.807) is 0 Å². The van der Waals surface area contributed by atoms with Crippen LogP contribution in [0, 0.1) is 0 Å². The Kier molecular flexibility index (Phi) is 8.65. The molecule has 1 saturated heterocycles. The van der Waals surface area contributed by atoms with Gasteiger partial charge in [0.15, 0.2) is 5.79 Å². The highest BCUT2D eigenvalue weighted by molar-refractivity contribution is 14.2. The van der Waals surface area contributed by atoms with Crippen molar-refractivity contribution in [3.05, 3.63) is 0 Å². The van der Waals surface area contributed by atoms with Crippen LogP contribution >= 0.6 is 30.4 Å². The molecule has 0 saturated carbocycles. The summed E-state index contributed by atoms with van der Waals surface area (Å²) in [6.07, 6.45) is 2.73. The van der Waals surface area contributed by atoms with Crippen molar-refractivity contribution in [2.24, 2.45) is 0 Å². The van der Waals surface area contributed by atoms with Gasteiger partial charge in [0, 0.05) is 27.8 Å². The molecule has 1 aliphatic rings. The molecule has 6 heteroatoms. The lowest BCUT2D eigenvalue weighted by atomic mass is 10.2. The molecule has 2 N–H and O–H groups in total. The first-order valence-electron chi connectivity index (χ1n) is 4.40. The summed E-state index contributed by atoms with van der Waals surface area (Å²) in [5, 5.41) is 16.2. The Hall–Kier alpha value is 0.920. The second-order valence-corrected chi connectivity index (χ2v) is 4.92. The third-order valence-electron chi connectivity index (χ3n) is 1.32. The molecular weight excluding hydrogens is 319 g/mol. The van der Waals surface area contributed by atoms with Gasteiger partial charge in [0.05, 0.1) is 21.9 Å². The van der Waals surface area contributed by atoms with E-state index in [4.69, 9.17) is 19.1 Å². The molecule has 0 radical (unpaired) electrons. The van der Waals surface area contributed by atoms with Crippen LogP contribution in [0.2, 0.25) is 0 Å².